The summed E-state index contributed by atoms with van der Waals surface area (Å²) >= 11 is 0. The number of anilines is 2. The van der Waals surface area contributed by atoms with Crippen LogP contribution in [0.5, 0.6) is 5.88 Å². The molecule has 208 valence electrons. The number of fused-ring (bicyclic) bond motifs is 5. The Labute approximate surface area is 226 Å². The van der Waals surface area contributed by atoms with Crippen molar-refractivity contribution in [3.8, 4) is 17.2 Å². The summed E-state index contributed by atoms with van der Waals surface area (Å²) in [4.78, 5) is 34.4. The van der Waals surface area contributed by atoms with Crippen molar-refractivity contribution in [1.29, 1.82) is 0 Å². The Balaban J connectivity index is 1.03. The van der Waals surface area contributed by atoms with Crippen LogP contribution in [0, 0.1) is 23.7 Å². The van der Waals surface area contributed by atoms with Gasteiger partial charge in [-0.15, -0.1) is 5.53 Å². The van der Waals surface area contributed by atoms with Crippen molar-refractivity contribution >= 4 is 23.2 Å². The van der Waals surface area contributed by atoms with Crippen LogP contribution >= 0.6 is 0 Å². The zero-order chi connectivity index (χ0) is 27.6. The molecule has 2 aromatic heterocycles. The van der Waals surface area contributed by atoms with Gasteiger partial charge in [0.25, 0.3) is 11.8 Å². The molecule has 3 fully saturated rings. The Hall–Kier alpha value is -4.26. The number of carbonyl (C=O) groups excluding carboxylic acids is 2. The number of nitrogens with one attached hydrogen (secondary N) is 3. The molecule has 2 saturated heterocycles. The second kappa shape index (κ2) is 9.15. The summed E-state index contributed by atoms with van der Waals surface area (Å²) in [5.74, 6) is 1.03. The Kier molecular flexibility index (Phi) is 5.66. The number of amides is 2. The van der Waals surface area contributed by atoms with Gasteiger partial charge in [-0.3, -0.25) is 9.59 Å². The highest BCUT2D eigenvalue weighted by molar-refractivity contribution is 5.97. The molecule has 2 unspecified atom stereocenters. The van der Waals surface area contributed by atoms with E-state index in [9.17, 15) is 22.8 Å². The number of carbonyl (C=O) groups is 2. The zero-order valence-electron chi connectivity index (χ0n) is 21.1. The van der Waals surface area contributed by atoms with Crippen LogP contribution in [0.3, 0.4) is 0 Å². The molecule has 0 spiro atoms. The van der Waals surface area contributed by atoms with E-state index in [1.54, 1.807) is 17.0 Å². The Morgan fingerprint density at radius 1 is 0.925 bits per heavy atom. The number of likely N-dealkylation sites (tertiary alicyclic amines) is 2. The molecule has 3 N–H and O–H groups in total. The third kappa shape index (κ3) is 4.21. The number of nitrogens with zero attached hydrogens (tertiary/aromatic N) is 3. The maximum absolute atomic E-state index is 13.4. The molecule has 4 aliphatic rings. The molecule has 0 radical (unpaired) electrons. The molecular weight excluding hydrogens is 529 g/mol. The monoisotopic (exact) mass is 554 g/mol. The number of alkyl halides is 3. The van der Waals surface area contributed by atoms with E-state index in [0.29, 0.717) is 55.4 Å². The number of hydrogen-bond donors (Lipinski definition) is 3. The molecule has 5 heterocycles. The van der Waals surface area contributed by atoms with Gasteiger partial charge >= 0.3 is 6.18 Å². The third-order valence-corrected chi connectivity index (χ3v) is 8.42. The fraction of sp³-hybridized carbons (Fsp3) is 0.370. The lowest BCUT2D eigenvalue weighted by Crippen LogP contribution is -2.44. The van der Waals surface area contributed by atoms with Gasteiger partial charge in [-0.25, -0.2) is 4.98 Å². The van der Waals surface area contributed by atoms with Crippen LogP contribution in [0.15, 0.2) is 53.3 Å². The summed E-state index contributed by atoms with van der Waals surface area (Å²) < 4.78 is 48.5. The largest absolute Gasteiger partial charge is 0.467 e. The lowest BCUT2D eigenvalue weighted by Gasteiger charge is -2.42. The highest BCUT2D eigenvalue weighted by Gasteiger charge is 2.59. The summed E-state index contributed by atoms with van der Waals surface area (Å²) in [5.41, 5.74) is 11.5. The molecule has 1 aromatic carbocycles. The number of rotatable bonds is 5. The van der Waals surface area contributed by atoms with Crippen molar-refractivity contribution in [1.82, 2.24) is 20.3 Å². The van der Waals surface area contributed by atoms with Crippen LogP contribution in [0.2, 0.25) is 0 Å². The third-order valence-electron chi connectivity index (χ3n) is 8.42. The number of hydrogen-bond acceptors (Lipinski definition) is 8. The van der Waals surface area contributed by atoms with E-state index in [1.165, 1.54) is 18.5 Å². The topological polar surface area (TPSA) is 112 Å². The van der Waals surface area contributed by atoms with Gasteiger partial charge in [-0.05, 0) is 60.1 Å². The number of pyridine rings is 1. The molecule has 10 nitrogen and oxygen atoms in total. The first kappa shape index (κ1) is 24.8. The Morgan fingerprint density at radius 2 is 1.57 bits per heavy atom. The first-order valence-electron chi connectivity index (χ1n) is 13.0. The van der Waals surface area contributed by atoms with Crippen LogP contribution in [0.1, 0.15) is 20.7 Å². The first-order valence-corrected chi connectivity index (χ1v) is 13.0. The van der Waals surface area contributed by atoms with Gasteiger partial charge < -0.3 is 29.8 Å². The van der Waals surface area contributed by atoms with Crippen LogP contribution in [0.25, 0.3) is 11.3 Å². The van der Waals surface area contributed by atoms with E-state index < -0.39 is 12.8 Å². The van der Waals surface area contributed by atoms with Gasteiger partial charge in [0.15, 0.2) is 6.61 Å². The number of hydrazine groups is 2. The van der Waals surface area contributed by atoms with Crippen LogP contribution in [-0.4, -0.2) is 65.6 Å². The number of furan rings is 1. The minimum Gasteiger partial charge on any atom is -0.467 e. The van der Waals surface area contributed by atoms with Crippen LogP contribution in [-0.2, 0) is 0 Å². The minimum absolute atomic E-state index is 0.00117. The normalized spacial score (nSPS) is 24.5. The number of halogens is 3. The average Bonchev–Trinajstić information content (AvgIpc) is 3.74. The molecule has 1 saturated carbocycles. The number of aromatic nitrogens is 1. The summed E-state index contributed by atoms with van der Waals surface area (Å²) in [5, 5.41) is 0. The van der Waals surface area contributed by atoms with Gasteiger partial charge in [0.05, 0.1) is 28.8 Å². The molecular formula is C27H25F3N6O4. The summed E-state index contributed by atoms with van der Waals surface area (Å²) in [6.07, 6.45) is -1.90. The Bertz CT molecular complexity index is 1460. The molecule has 13 heteroatoms. The SMILES string of the molecule is O=C(c1cnc(OCC(F)(F)F)c(-c2ccco2)c1)N1CC2C(C1)[C@@H]1CN(C(=O)c3ccc4c(c3)NNN4)C[C@H]21. The number of ether oxygens (including phenoxy) is 1. The van der Waals surface area contributed by atoms with Crippen molar-refractivity contribution in [3.63, 3.8) is 0 Å². The summed E-state index contributed by atoms with van der Waals surface area (Å²) in [6, 6.07) is 10.1. The van der Waals surface area contributed by atoms with E-state index in [-0.39, 0.29) is 34.6 Å². The summed E-state index contributed by atoms with van der Waals surface area (Å²) in [7, 11) is 0. The first-order chi connectivity index (χ1) is 19.2. The van der Waals surface area contributed by atoms with Crippen molar-refractivity contribution < 1.29 is 31.9 Å². The summed E-state index contributed by atoms with van der Waals surface area (Å²) in [6.45, 7) is 0.938. The lowest BCUT2D eigenvalue weighted by molar-refractivity contribution is -0.154. The van der Waals surface area contributed by atoms with Crippen molar-refractivity contribution in [2.45, 2.75) is 6.18 Å². The van der Waals surface area contributed by atoms with E-state index in [1.807, 2.05) is 23.1 Å². The van der Waals surface area contributed by atoms with E-state index in [0.717, 1.165) is 11.4 Å². The quantitative estimate of drug-likeness (QED) is 0.439. The molecule has 2 amide bonds. The molecule has 40 heavy (non-hydrogen) atoms. The van der Waals surface area contributed by atoms with Crippen LogP contribution in [0.4, 0.5) is 24.5 Å². The smallest absolute Gasteiger partial charge is 0.422 e. The molecule has 0 bridgehead atoms. The lowest BCUT2D eigenvalue weighted by atomic mass is 9.60. The van der Waals surface area contributed by atoms with Gasteiger partial charge in [0.1, 0.15) is 5.76 Å². The highest BCUT2D eigenvalue weighted by Crippen LogP contribution is 2.54. The zero-order valence-corrected chi connectivity index (χ0v) is 21.1. The van der Waals surface area contributed by atoms with Gasteiger partial charge in [0.2, 0.25) is 5.88 Å². The predicted octanol–water partition coefficient (Wildman–Crippen LogP) is 3.63. The standard InChI is InChI=1S/C27H25F3N6O4/c28-27(29,30)13-40-24-16(23-2-1-5-39-23)6-15(8-31-24)26(38)36-11-19-17-9-35(10-18(17)20(19)12-36)25(37)14-3-4-21-22(7-14)33-34-32-21/h1-8,17-20,32-34H,9-13H2/t17-,18+,19?,20?. The second-order valence-corrected chi connectivity index (χ2v) is 10.7. The fourth-order valence-electron chi connectivity index (χ4n) is 6.57. The predicted molar refractivity (Wildman–Crippen MR) is 136 cm³/mol. The van der Waals surface area contributed by atoms with E-state index in [4.69, 9.17) is 9.15 Å². The van der Waals surface area contributed by atoms with Crippen molar-refractivity contribution in [2.24, 2.45) is 23.7 Å². The maximum atomic E-state index is 13.4. The minimum atomic E-state index is -4.53. The maximum Gasteiger partial charge on any atom is 0.422 e. The fourth-order valence-corrected chi connectivity index (χ4v) is 6.57. The van der Waals surface area contributed by atoms with Crippen LogP contribution < -0.4 is 21.1 Å². The highest BCUT2D eigenvalue weighted by atomic mass is 19.4. The molecule has 7 rings (SSSR count). The second-order valence-electron chi connectivity index (χ2n) is 10.7. The number of benzene rings is 1. The average molecular weight is 555 g/mol. The molecule has 4 atom stereocenters. The van der Waals surface area contributed by atoms with Crippen molar-refractivity contribution in [2.75, 3.05) is 43.6 Å². The molecule has 3 aromatic rings. The molecule has 3 aliphatic heterocycles. The van der Waals surface area contributed by atoms with Gasteiger partial charge in [-0.2, -0.15) is 13.2 Å². The van der Waals surface area contributed by atoms with Gasteiger partial charge in [-0.1, -0.05) is 0 Å². The Morgan fingerprint density at radius 3 is 2.20 bits per heavy atom. The van der Waals surface area contributed by atoms with E-state index >= 15 is 0 Å². The van der Waals surface area contributed by atoms with Gasteiger partial charge in [0, 0.05) is 37.9 Å². The van der Waals surface area contributed by atoms with E-state index in [2.05, 4.69) is 21.4 Å². The molecule has 1 aliphatic carbocycles. The van der Waals surface area contributed by atoms with Crippen molar-refractivity contribution in [3.05, 3.63) is 60.0 Å².